The number of hydrogen-bond donors (Lipinski definition) is 0. The average Bonchev–Trinajstić information content (AvgIpc) is 2.86. The topological polar surface area (TPSA) is 75.4 Å². The predicted molar refractivity (Wildman–Crippen MR) is 70.3 cm³/mol. The molecule has 1 aliphatic heterocycles. The Morgan fingerprint density at radius 2 is 2.30 bits per heavy atom. The fourth-order valence-electron chi connectivity index (χ4n) is 1.89. The van der Waals surface area contributed by atoms with Crippen LogP contribution in [0.2, 0.25) is 0 Å². The Morgan fingerprint density at radius 1 is 1.55 bits per heavy atom. The number of rotatable bonds is 1. The van der Waals surface area contributed by atoms with Crippen molar-refractivity contribution in [1.82, 2.24) is 10.0 Å². The van der Waals surface area contributed by atoms with Crippen LogP contribution < -0.4 is 0 Å². The molecule has 0 bridgehead atoms. The maximum atomic E-state index is 12.1. The first-order valence-electron chi connectivity index (χ1n) is 6.42. The highest BCUT2D eigenvalue weighted by Crippen LogP contribution is 2.30. The molecule has 106 valence electrons. The summed E-state index contributed by atoms with van der Waals surface area (Å²) < 4.78 is 5.30. The number of hydroxylamine groups is 2. The maximum Gasteiger partial charge on any atom is 0.435 e. The van der Waals surface area contributed by atoms with Gasteiger partial charge in [-0.05, 0) is 32.9 Å². The SMILES string of the molecule is CC(C)(C)OC(=O)N1OCC[C@H]1c1ccc(C#N)cn1. The van der Waals surface area contributed by atoms with Gasteiger partial charge in [0.05, 0.1) is 17.9 Å². The predicted octanol–water partition coefficient (Wildman–Crippen LogP) is 2.57. The number of carbonyl (C=O) groups is 1. The molecule has 1 atom stereocenters. The third-order valence-corrected chi connectivity index (χ3v) is 2.74. The van der Waals surface area contributed by atoms with Gasteiger partial charge in [-0.25, -0.2) is 4.79 Å². The van der Waals surface area contributed by atoms with E-state index in [1.165, 1.54) is 11.3 Å². The first-order valence-corrected chi connectivity index (χ1v) is 6.42. The second-order valence-corrected chi connectivity index (χ2v) is 5.53. The Balaban J connectivity index is 2.14. The van der Waals surface area contributed by atoms with Crippen LogP contribution in [0.5, 0.6) is 0 Å². The molecule has 0 unspecified atom stereocenters. The summed E-state index contributed by atoms with van der Waals surface area (Å²) in [5.41, 5.74) is 0.593. The molecule has 0 spiro atoms. The van der Waals surface area contributed by atoms with Crippen molar-refractivity contribution < 1.29 is 14.4 Å². The van der Waals surface area contributed by atoms with Gasteiger partial charge >= 0.3 is 6.09 Å². The molecule has 6 heteroatoms. The van der Waals surface area contributed by atoms with E-state index in [9.17, 15) is 4.79 Å². The van der Waals surface area contributed by atoms with Crippen LogP contribution in [0.3, 0.4) is 0 Å². The summed E-state index contributed by atoms with van der Waals surface area (Å²) in [6, 6.07) is 5.14. The highest BCUT2D eigenvalue weighted by Gasteiger charge is 2.35. The molecule has 0 saturated carbocycles. The van der Waals surface area contributed by atoms with Crippen molar-refractivity contribution in [2.24, 2.45) is 0 Å². The molecular weight excluding hydrogens is 258 g/mol. The second kappa shape index (κ2) is 5.47. The molecule has 6 nitrogen and oxygen atoms in total. The van der Waals surface area contributed by atoms with Crippen LogP contribution in [0.25, 0.3) is 0 Å². The third-order valence-electron chi connectivity index (χ3n) is 2.74. The van der Waals surface area contributed by atoms with E-state index in [2.05, 4.69) is 4.98 Å². The van der Waals surface area contributed by atoms with Gasteiger partial charge in [0, 0.05) is 12.6 Å². The van der Waals surface area contributed by atoms with E-state index in [1.807, 2.05) is 6.07 Å². The zero-order chi connectivity index (χ0) is 14.8. The number of carbonyl (C=O) groups excluding carboxylic acids is 1. The molecule has 0 N–H and O–H groups in total. The van der Waals surface area contributed by atoms with Gasteiger partial charge in [0.2, 0.25) is 0 Å². The van der Waals surface area contributed by atoms with Gasteiger partial charge in [-0.15, -0.1) is 0 Å². The van der Waals surface area contributed by atoms with Crippen LogP contribution in [0.1, 0.15) is 44.5 Å². The Labute approximate surface area is 117 Å². The van der Waals surface area contributed by atoms with E-state index in [0.29, 0.717) is 24.3 Å². The van der Waals surface area contributed by atoms with E-state index < -0.39 is 11.7 Å². The molecule has 1 aromatic heterocycles. The number of pyridine rings is 1. The third kappa shape index (κ3) is 3.25. The first-order chi connectivity index (χ1) is 9.40. The molecule has 1 aliphatic rings. The van der Waals surface area contributed by atoms with Crippen molar-refractivity contribution in [2.45, 2.75) is 38.8 Å². The summed E-state index contributed by atoms with van der Waals surface area (Å²) in [5, 5.41) is 9.98. The second-order valence-electron chi connectivity index (χ2n) is 5.53. The van der Waals surface area contributed by atoms with Gasteiger partial charge in [-0.3, -0.25) is 9.82 Å². The first kappa shape index (κ1) is 14.3. The highest BCUT2D eigenvalue weighted by molar-refractivity contribution is 5.67. The lowest BCUT2D eigenvalue weighted by Crippen LogP contribution is -2.35. The number of nitriles is 1. The number of amides is 1. The van der Waals surface area contributed by atoms with Gasteiger partial charge < -0.3 is 4.74 Å². The van der Waals surface area contributed by atoms with Gasteiger partial charge in [-0.2, -0.15) is 10.3 Å². The standard InChI is InChI=1S/C14H17N3O3/c1-14(2,3)20-13(18)17-12(6-7-19-17)11-5-4-10(8-15)9-16-11/h4-5,9,12H,6-7H2,1-3H3/t12-/m0/s1. The minimum atomic E-state index is -0.578. The average molecular weight is 275 g/mol. The summed E-state index contributed by atoms with van der Waals surface area (Å²) in [4.78, 5) is 21.6. The Morgan fingerprint density at radius 3 is 2.85 bits per heavy atom. The summed E-state index contributed by atoms with van der Waals surface area (Å²) in [5.74, 6) is 0. The van der Waals surface area contributed by atoms with E-state index in [-0.39, 0.29) is 6.04 Å². The van der Waals surface area contributed by atoms with Crippen molar-refractivity contribution in [3.8, 4) is 6.07 Å². The zero-order valence-electron chi connectivity index (χ0n) is 11.8. The quantitative estimate of drug-likeness (QED) is 0.787. The van der Waals surface area contributed by atoms with Crippen molar-refractivity contribution in [1.29, 1.82) is 5.26 Å². The highest BCUT2D eigenvalue weighted by atomic mass is 16.7. The molecule has 20 heavy (non-hydrogen) atoms. The van der Waals surface area contributed by atoms with E-state index >= 15 is 0 Å². The molecule has 1 saturated heterocycles. The minimum absolute atomic E-state index is 0.280. The molecule has 1 fully saturated rings. The summed E-state index contributed by atoms with van der Waals surface area (Å²) in [7, 11) is 0. The molecule has 2 heterocycles. The lowest BCUT2D eigenvalue weighted by atomic mass is 10.1. The minimum Gasteiger partial charge on any atom is -0.442 e. The molecule has 1 aromatic rings. The van der Waals surface area contributed by atoms with Gasteiger partial charge in [0.15, 0.2) is 0 Å². The molecule has 1 amide bonds. The molecule has 0 aromatic carbocycles. The van der Waals surface area contributed by atoms with Crippen molar-refractivity contribution in [2.75, 3.05) is 6.61 Å². The lowest BCUT2D eigenvalue weighted by molar-refractivity contribution is -0.125. The van der Waals surface area contributed by atoms with E-state index in [4.69, 9.17) is 14.8 Å². The fourth-order valence-corrected chi connectivity index (χ4v) is 1.89. The lowest BCUT2D eigenvalue weighted by Gasteiger charge is -2.26. The molecule has 0 aliphatic carbocycles. The number of ether oxygens (including phenoxy) is 1. The monoisotopic (exact) mass is 275 g/mol. The van der Waals surface area contributed by atoms with Gasteiger partial charge in [-0.1, -0.05) is 0 Å². The molecule has 0 radical (unpaired) electrons. The van der Waals surface area contributed by atoms with E-state index in [1.54, 1.807) is 32.9 Å². The van der Waals surface area contributed by atoms with Crippen LogP contribution >= 0.6 is 0 Å². The van der Waals surface area contributed by atoms with Crippen molar-refractivity contribution in [3.05, 3.63) is 29.6 Å². The summed E-state index contributed by atoms with van der Waals surface area (Å²) in [6.45, 7) is 5.84. The van der Waals surface area contributed by atoms with Gasteiger partial charge in [0.25, 0.3) is 0 Å². The van der Waals surface area contributed by atoms with Crippen LogP contribution in [0, 0.1) is 11.3 Å². The van der Waals surface area contributed by atoms with Crippen molar-refractivity contribution in [3.63, 3.8) is 0 Å². The van der Waals surface area contributed by atoms with E-state index in [0.717, 1.165) is 0 Å². The Bertz CT molecular complexity index is 528. The summed E-state index contributed by atoms with van der Waals surface area (Å²) in [6.07, 6.45) is 1.62. The van der Waals surface area contributed by atoms with Gasteiger partial charge in [0.1, 0.15) is 17.7 Å². The van der Waals surface area contributed by atoms with Crippen molar-refractivity contribution >= 4 is 6.09 Å². The molecule has 2 rings (SSSR count). The number of aromatic nitrogens is 1. The number of nitrogens with zero attached hydrogens (tertiary/aromatic N) is 3. The van der Waals surface area contributed by atoms with Crippen LogP contribution in [-0.4, -0.2) is 28.3 Å². The largest absolute Gasteiger partial charge is 0.442 e. The Kier molecular flexibility index (Phi) is 3.91. The smallest absolute Gasteiger partial charge is 0.435 e. The van der Waals surface area contributed by atoms with Crippen LogP contribution in [-0.2, 0) is 9.57 Å². The normalized spacial score (nSPS) is 18.7. The Hall–Kier alpha value is -2.13. The summed E-state index contributed by atoms with van der Waals surface area (Å²) >= 11 is 0. The maximum absolute atomic E-state index is 12.1. The van der Waals surface area contributed by atoms with Crippen LogP contribution in [0.4, 0.5) is 4.79 Å². The fraction of sp³-hybridized carbons (Fsp3) is 0.500. The zero-order valence-corrected chi connectivity index (χ0v) is 11.8. The number of hydrogen-bond acceptors (Lipinski definition) is 5. The van der Waals surface area contributed by atoms with Crippen LogP contribution in [0.15, 0.2) is 18.3 Å². The molecular formula is C14H17N3O3.